The van der Waals surface area contributed by atoms with Crippen LogP contribution in [0.25, 0.3) is 0 Å². The van der Waals surface area contributed by atoms with Gasteiger partial charge in [-0.25, -0.2) is 13.6 Å². The monoisotopic (exact) mass is 514 g/mol. The van der Waals surface area contributed by atoms with Crippen LogP contribution in [0, 0.1) is 28.6 Å². The van der Waals surface area contributed by atoms with Crippen LogP contribution in [0.3, 0.4) is 0 Å². The zero-order chi connectivity index (χ0) is 26.8. The first-order chi connectivity index (χ1) is 17.4. The van der Waals surface area contributed by atoms with Crippen molar-refractivity contribution in [2.45, 2.75) is 82.3 Å². The van der Waals surface area contributed by atoms with E-state index in [1.807, 2.05) is 30.3 Å². The Morgan fingerprint density at radius 1 is 1.11 bits per heavy atom. The van der Waals surface area contributed by atoms with Gasteiger partial charge in [-0.05, 0) is 80.6 Å². The van der Waals surface area contributed by atoms with Crippen molar-refractivity contribution in [2.75, 3.05) is 0 Å². The van der Waals surface area contributed by atoms with Crippen molar-refractivity contribution in [3.63, 3.8) is 0 Å². The lowest BCUT2D eigenvalue weighted by atomic mass is 9.44. The summed E-state index contributed by atoms with van der Waals surface area (Å²) in [4.78, 5) is 24.6. The number of carboxylic acids is 1. The first-order valence-corrected chi connectivity index (χ1v) is 13.4. The lowest BCUT2D eigenvalue weighted by Crippen LogP contribution is -2.70. The van der Waals surface area contributed by atoms with E-state index in [2.05, 4.69) is 0 Å². The average molecular weight is 515 g/mol. The van der Waals surface area contributed by atoms with Gasteiger partial charge in [-0.3, -0.25) is 4.79 Å². The van der Waals surface area contributed by atoms with Gasteiger partial charge in [-0.2, -0.15) is 0 Å². The molecule has 3 fully saturated rings. The molecule has 200 valence electrons. The highest BCUT2D eigenvalue weighted by Crippen LogP contribution is 2.71. The highest BCUT2D eigenvalue weighted by molar-refractivity contribution is 6.01. The van der Waals surface area contributed by atoms with Crippen molar-refractivity contribution in [1.82, 2.24) is 0 Å². The van der Waals surface area contributed by atoms with Gasteiger partial charge in [-0.15, -0.1) is 0 Å². The second-order valence-electron chi connectivity index (χ2n) is 12.1. The summed E-state index contributed by atoms with van der Waals surface area (Å²) in [5.41, 5.74) is -6.09. The number of halogens is 2. The van der Waals surface area contributed by atoms with Crippen molar-refractivity contribution < 1.29 is 33.7 Å². The first kappa shape index (κ1) is 26.2. The van der Waals surface area contributed by atoms with E-state index >= 15 is 8.78 Å². The fourth-order valence-corrected chi connectivity index (χ4v) is 8.48. The molecule has 4 aliphatic rings. The van der Waals surface area contributed by atoms with Gasteiger partial charge in [0.15, 0.2) is 17.1 Å². The Morgan fingerprint density at radius 3 is 2.49 bits per heavy atom. The molecule has 37 heavy (non-hydrogen) atoms. The second kappa shape index (κ2) is 8.84. The number of alkyl halides is 2. The highest BCUT2D eigenvalue weighted by Gasteiger charge is 2.77. The van der Waals surface area contributed by atoms with E-state index < -0.39 is 63.9 Å². The summed E-state index contributed by atoms with van der Waals surface area (Å²) in [6.45, 7) is 3.14. The maximum absolute atomic E-state index is 17.3. The minimum atomic E-state index is -2.29. The van der Waals surface area contributed by atoms with E-state index in [9.17, 15) is 24.9 Å². The van der Waals surface area contributed by atoms with Gasteiger partial charge in [0.25, 0.3) is 0 Å². The molecule has 0 spiro atoms. The molecule has 2 unspecified atom stereocenters. The molecule has 0 radical (unpaired) electrons. The van der Waals surface area contributed by atoms with Crippen molar-refractivity contribution >= 4 is 11.8 Å². The third kappa shape index (κ3) is 3.53. The number of carbonyl (C=O) groups excluding carboxylic acids is 1. The van der Waals surface area contributed by atoms with Gasteiger partial charge in [0.2, 0.25) is 0 Å². The third-order valence-corrected chi connectivity index (χ3v) is 10.5. The van der Waals surface area contributed by atoms with E-state index in [1.165, 1.54) is 24.6 Å². The summed E-state index contributed by atoms with van der Waals surface area (Å²) in [6, 6.07) is 9.96. The lowest BCUT2D eigenvalue weighted by molar-refractivity contribution is -0.229. The Morgan fingerprint density at radius 2 is 1.81 bits per heavy atom. The molecular formula is C30H36F2O5. The maximum atomic E-state index is 17.3. The number of aliphatic hydroxyl groups is 2. The molecule has 1 aromatic rings. The number of carbonyl (C=O) groups is 2. The number of aliphatic hydroxyl groups excluding tert-OH is 1. The molecule has 4 aliphatic carbocycles. The van der Waals surface area contributed by atoms with Crippen LogP contribution in [-0.4, -0.2) is 50.6 Å². The fraction of sp³-hybridized carbons (Fsp3) is 0.600. The minimum absolute atomic E-state index is 0.0327. The zero-order valence-corrected chi connectivity index (χ0v) is 21.4. The fourth-order valence-electron chi connectivity index (χ4n) is 8.48. The average Bonchev–Trinajstić information content (AvgIpc) is 3.08. The number of unbranched alkanes of at least 4 members (excludes halogenated alkanes) is 1. The molecule has 0 amide bonds. The van der Waals surface area contributed by atoms with Crippen LogP contribution in [0.1, 0.15) is 57.9 Å². The molecule has 5 rings (SSSR count). The summed E-state index contributed by atoms with van der Waals surface area (Å²) in [7, 11) is 0. The summed E-state index contributed by atoms with van der Waals surface area (Å²) in [6.07, 6.45) is 3.02. The third-order valence-electron chi connectivity index (χ3n) is 10.5. The first-order valence-electron chi connectivity index (χ1n) is 13.4. The number of aliphatic carboxylic acids is 1. The van der Waals surface area contributed by atoms with Crippen LogP contribution >= 0.6 is 0 Å². The number of hydrogen-bond acceptors (Lipinski definition) is 4. The van der Waals surface area contributed by atoms with Crippen molar-refractivity contribution in [2.24, 2.45) is 28.6 Å². The number of aryl methyl sites for hydroxylation is 1. The quantitative estimate of drug-likeness (QED) is 0.476. The van der Waals surface area contributed by atoms with Crippen molar-refractivity contribution in [3.8, 4) is 0 Å². The van der Waals surface area contributed by atoms with Crippen LogP contribution in [0.2, 0.25) is 0 Å². The molecule has 9 atom stereocenters. The van der Waals surface area contributed by atoms with E-state index in [4.69, 9.17) is 0 Å². The van der Waals surface area contributed by atoms with Gasteiger partial charge in [0.1, 0.15) is 6.17 Å². The van der Waals surface area contributed by atoms with Crippen LogP contribution in [0.15, 0.2) is 54.1 Å². The summed E-state index contributed by atoms with van der Waals surface area (Å²) >= 11 is 0. The SMILES string of the molecule is C[C@]12C=CC(=O)C=C1[C@@H](F)CC1C3C[C@@H](CCCCc4ccccc4)[C@](O)(C(=O)O)[C@@]3(C)C[C@H](O)[C@@]12F. The van der Waals surface area contributed by atoms with Gasteiger partial charge >= 0.3 is 5.97 Å². The number of fused-ring (bicyclic) bond motifs is 5. The molecule has 0 bridgehead atoms. The molecule has 1 aromatic carbocycles. The van der Waals surface area contributed by atoms with Gasteiger partial charge in [-0.1, -0.05) is 49.8 Å². The standard InChI is InChI=1S/C30H36F2O5/c1-27-13-12-20(33)15-23(27)24(31)16-22-21-14-19(11-7-6-10-18-8-4-3-5-9-18)30(37,26(35)36)28(21,2)17-25(34)29(22,27)32/h3-5,8-9,12-13,15,19,21-22,24-25,34,37H,6-7,10-11,14,16-17H2,1-2H3,(H,35,36)/t19-,21?,22?,24+,25+,27+,28+,29+,30+/m1/s1. The molecule has 0 heterocycles. The van der Waals surface area contributed by atoms with Gasteiger partial charge in [0, 0.05) is 16.7 Å². The molecule has 0 aromatic heterocycles. The molecule has 0 saturated heterocycles. The van der Waals surface area contributed by atoms with E-state index in [-0.39, 0.29) is 24.8 Å². The predicted molar refractivity (Wildman–Crippen MR) is 134 cm³/mol. The normalized spacial score (nSPS) is 44.5. The Labute approximate surface area is 216 Å². The number of carboxylic acid groups (broad SMARTS) is 1. The Hall–Kier alpha value is -2.38. The van der Waals surface area contributed by atoms with E-state index in [0.29, 0.717) is 12.8 Å². The number of allylic oxidation sites excluding steroid dienone is 4. The van der Waals surface area contributed by atoms with Crippen molar-refractivity contribution in [3.05, 3.63) is 59.7 Å². The lowest BCUT2D eigenvalue weighted by Gasteiger charge is -2.62. The molecule has 5 nitrogen and oxygen atoms in total. The molecule has 3 N–H and O–H groups in total. The Kier molecular flexibility index (Phi) is 6.27. The topological polar surface area (TPSA) is 94.8 Å². The number of rotatable bonds is 6. The second-order valence-corrected chi connectivity index (χ2v) is 12.1. The summed E-state index contributed by atoms with van der Waals surface area (Å²) < 4.78 is 32.8. The van der Waals surface area contributed by atoms with E-state index in [0.717, 1.165) is 18.9 Å². The van der Waals surface area contributed by atoms with Crippen LogP contribution in [0.5, 0.6) is 0 Å². The minimum Gasteiger partial charge on any atom is -0.479 e. The van der Waals surface area contributed by atoms with Gasteiger partial charge < -0.3 is 15.3 Å². The maximum Gasteiger partial charge on any atom is 0.336 e. The molecular weight excluding hydrogens is 478 g/mol. The summed E-state index contributed by atoms with van der Waals surface area (Å²) in [5, 5.41) is 33.4. The smallest absolute Gasteiger partial charge is 0.336 e. The van der Waals surface area contributed by atoms with Crippen LogP contribution < -0.4 is 0 Å². The largest absolute Gasteiger partial charge is 0.479 e. The molecule has 7 heteroatoms. The van der Waals surface area contributed by atoms with E-state index in [1.54, 1.807) is 6.92 Å². The number of benzene rings is 1. The molecule has 0 aliphatic heterocycles. The van der Waals surface area contributed by atoms with Crippen molar-refractivity contribution in [1.29, 1.82) is 0 Å². The number of hydrogen-bond donors (Lipinski definition) is 3. The Balaban J connectivity index is 1.45. The molecule has 3 saturated carbocycles. The highest BCUT2D eigenvalue weighted by atomic mass is 19.1. The summed E-state index contributed by atoms with van der Waals surface area (Å²) in [5.74, 6) is -4.06. The van der Waals surface area contributed by atoms with Crippen LogP contribution in [0.4, 0.5) is 8.78 Å². The van der Waals surface area contributed by atoms with Crippen LogP contribution in [-0.2, 0) is 16.0 Å². The number of ketones is 1. The Bertz CT molecular complexity index is 1150. The predicted octanol–water partition coefficient (Wildman–Crippen LogP) is 4.76. The zero-order valence-electron chi connectivity index (χ0n) is 21.4. The van der Waals surface area contributed by atoms with Gasteiger partial charge in [0.05, 0.1) is 6.10 Å².